The van der Waals surface area contributed by atoms with Gasteiger partial charge in [0.2, 0.25) is 15.9 Å². The van der Waals surface area contributed by atoms with E-state index in [1.165, 1.54) is 7.05 Å². The van der Waals surface area contributed by atoms with Gasteiger partial charge >= 0.3 is 0 Å². The number of amides is 1. The summed E-state index contributed by atoms with van der Waals surface area (Å²) < 4.78 is 32.1. The topological polar surface area (TPSA) is 75.7 Å². The molecule has 0 saturated carbocycles. The molecule has 0 saturated heterocycles. The van der Waals surface area contributed by atoms with Gasteiger partial charge in [0.05, 0.1) is 23.7 Å². The Morgan fingerprint density at radius 3 is 2.50 bits per heavy atom. The number of hydrogen-bond donors (Lipinski definition) is 1. The maximum atomic E-state index is 12.7. The average molecular weight is 425 g/mol. The van der Waals surface area contributed by atoms with E-state index in [2.05, 4.69) is 5.32 Å². The van der Waals surface area contributed by atoms with Gasteiger partial charge in [-0.3, -0.25) is 4.79 Å². The van der Waals surface area contributed by atoms with Gasteiger partial charge in [-0.25, -0.2) is 8.42 Å². The molecule has 1 amide bonds. The normalized spacial score (nSPS) is 11.5. The van der Waals surface area contributed by atoms with Crippen LogP contribution in [-0.4, -0.2) is 38.8 Å². The molecule has 0 unspecified atom stereocenters. The van der Waals surface area contributed by atoms with Gasteiger partial charge in [0.1, 0.15) is 5.75 Å². The fraction of sp³-hybridized carbons (Fsp3) is 0.350. The molecule has 0 aromatic heterocycles. The van der Waals surface area contributed by atoms with E-state index in [1.807, 2.05) is 20.8 Å². The van der Waals surface area contributed by atoms with Crippen LogP contribution in [0.3, 0.4) is 0 Å². The summed E-state index contributed by atoms with van der Waals surface area (Å²) in [4.78, 5) is 12.6. The van der Waals surface area contributed by atoms with E-state index in [0.29, 0.717) is 23.1 Å². The van der Waals surface area contributed by atoms with Crippen molar-refractivity contribution in [3.05, 3.63) is 52.5 Å². The van der Waals surface area contributed by atoms with E-state index in [0.717, 1.165) is 21.9 Å². The Labute approximate surface area is 171 Å². The molecule has 0 aliphatic rings. The van der Waals surface area contributed by atoms with E-state index >= 15 is 0 Å². The van der Waals surface area contributed by atoms with Gasteiger partial charge in [0, 0.05) is 12.1 Å². The molecule has 2 aromatic rings. The van der Waals surface area contributed by atoms with Crippen molar-refractivity contribution in [3.63, 3.8) is 0 Å². The van der Waals surface area contributed by atoms with E-state index in [1.54, 1.807) is 36.4 Å². The van der Waals surface area contributed by atoms with E-state index < -0.39 is 15.9 Å². The summed E-state index contributed by atoms with van der Waals surface area (Å²) in [7, 11) is -2.41. The first-order valence-corrected chi connectivity index (χ1v) is 10.7. The third kappa shape index (κ3) is 5.47. The average Bonchev–Trinajstić information content (AvgIpc) is 2.63. The van der Waals surface area contributed by atoms with Crippen LogP contribution >= 0.6 is 11.6 Å². The lowest BCUT2D eigenvalue weighted by Gasteiger charge is -2.18. The van der Waals surface area contributed by atoms with Crippen molar-refractivity contribution in [2.24, 2.45) is 0 Å². The van der Waals surface area contributed by atoms with Crippen molar-refractivity contribution < 1.29 is 17.9 Å². The maximum absolute atomic E-state index is 12.7. The van der Waals surface area contributed by atoms with Crippen LogP contribution in [-0.2, 0) is 14.8 Å². The summed E-state index contributed by atoms with van der Waals surface area (Å²) in [6.45, 7) is 5.88. The minimum Gasteiger partial charge on any atom is -0.491 e. The number of rotatable bonds is 8. The number of benzene rings is 2. The Balaban J connectivity index is 2.14. The van der Waals surface area contributed by atoms with Gasteiger partial charge in [-0.1, -0.05) is 24.6 Å². The van der Waals surface area contributed by atoms with Crippen molar-refractivity contribution in [2.45, 2.75) is 32.1 Å². The molecule has 8 heteroatoms. The molecule has 0 radical (unpaired) electrons. The molecule has 0 atom stereocenters. The number of hydrogen-bond acceptors (Lipinski definition) is 4. The number of nitrogens with zero attached hydrogens (tertiary/aromatic N) is 1. The van der Waals surface area contributed by atoms with Gasteiger partial charge < -0.3 is 10.1 Å². The van der Waals surface area contributed by atoms with Crippen molar-refractivity contribution in [1.82, 2.24) is 4.31 Å². The maximum Gasteiger partial charge on any atom is 0.243 e. The molecule has 0 fully saturated rings. The zero-order valence-electron chi connectivity index (χ0n) is 16.5. The van der Waals surface area contributed by atoms with Crippen molar-refractivity contribution in [3.8, 4) is 5.75 Å². The van der Waals surface area contributed by atoms with Gasteiger partial charge in [-0.05, 0) is 61.7 Å². The molecular formula is C20H25ClN2O4S. The van der Waals surface area contributed by atoms with E-state index in [-0.39, 0.29) is 11.4 Å². The number of likely N-dealkylation sites (N-methyl/N-ethyl adjacent to an activating group) is 1. The van der Waals surface area contributed by atoms with Crippen LogP contribution in [0.15, 0.2) is 41.3 Å². The minimum absolute atomic E-state index is 0.153. The molecule has 2 rings (SSSR count). The number of carbonyl (C=O) groups excluding carboxylic acids is 1. The fourth-order valence-electron chi connectivity index (χ4n) is 2.47. The second-order valence-electron chi connectivity index (χ2n) is 6.54. The van der Waals surface area contributed by atoms with Gasteiger partial charge in [-0.15, -0.1) is 0 Å². The Hall–Kier alpha value is -2.09. The summed E-state index contributed by atoms with van der Waals surface area (Å²) >= 11 is 6.01. The quantitative estimate of drug-likeness (QED) is 0.694. The highest BCUT2D eigenvalue weighted by atomic mass is 35.5. The molecule has 2 aromatic carbocycles. The van der Waals surface area contributed by atoms with Crippen molar-refractivity contribution >= 4 is 33.2 Å². The Kier molecular flexibility index (Phi) is 7.46. The Morgan fingerprint density at radius 1 is 1.14 bits per heavy atom. The smallest absolute Gasteiger partial charge is 0.243 e. The molecule has 1 N–H and O–H groups in total. The molecule has 0 spiro atoms. The molecule has 152 valence electrons. The Bertz CT molecular complexity index is 961. The monoisotopic (exact) mass is 424 g/mol. The van der Waals surface area contributed by atoms with Crippen LogP contribution < -0.4 is 10.1 Å². The Morgan fingerprint density at radius 2 is 1.86 bits per heavy atom. The van der Waals surface area contributed by atoms with Gasteiger partial charge in [0.15, 0.2) is 0 Å². The second-order valence-corrected chi connectivity index (χ2v) is 9.03. The lowest BCUT2D eigenvalue weighted by molar-refractivity contribution is -0.116. The first kappa shape index (κ1) is 22.2. The third-order valence-electron chi connectivity index (χ3n) is 4.23. The zero-order valence-corrected chi connectivity index (χ0v) is 18.0. The number of nitrogens with one attached hydrogen (secondary N) is 1. The minimum atomic E-state index is -3.78. The highest BCUT2D eigenvalue weighted by Crippen LogP contribution is 2.28. The summed E-state index contributed by atoms with van der Waals surface area (Å²) in [5.41, 5.74) is 2.28. The number of ether oxygens (including phenoxy) is 1. The van der Waals surface area contributed by atoms with Gasteiger partial charge in [-0.2, -0.15) is 4.31 Å². The lowest BCUT2D eigenvalue weighted by Crippen LogP contribution is -2.35. The van der Waals surface area contributed by atoms with Gasteiger partial charge in [0.25, 0.3) is 0 Å². The van der Waals surface area contributed by atoms with Crippen molar-refractivity contribution in [2.75, 3.05) is 25.5 Å². The van der Waals surface area contributed by atoms with Crippen LogP contribution in [0.4, 0.5) is 5.69 Å². The van der Waals surface area contributed by atoms with Crippen LogP contribution in [0.2, 0.25) is 5.02 Å². The number of sulfonamides is 1. The fourth-order valence-corrected chi connectivity index (χ4v) is 3.85. The number of anilines is 1. The molecule has 0 aliphatic heterocycles. The third-order valence-corrected chi connectivity index (χ3v) is 6.26. The predicted octanol–water partition coefficient (Wildman–Crippen LogP) is 4.00. The van der Waals surface area contributed by atoms with E-state index in [4.69, 9.17) is 16.3 Å². The van der Waals surface area contributed by atoms with Crippen molar-refractivity contribution in [1.29, 1.82) is 0 Å². The summed E-state index contributed by atoms with van der Waals surface area (Å²) in [6, 6.07) is 9.80. The number of halogens is 1. The van der Waals surface area contributed by atoms with E-state index in [9.17, 15) is 13.2 Å². The molecule has 28 heavy (non-hydrogen) atoms. The lowest BCUT2D eigenvalue weighted by atomic mass is 10.1. The summed E-state index contributed by atoms with van der Waals surface area (Å²) in [5.74, 6) is -0.00204. The number of aryl methyl sites for hydroxylation is 2. The molecule has 0 aliphatic carbocycles. The summed E-state index contributed by atoms with van der Waals surface area (Å²) in [6.07, 6.45) is 0.812. The SMILES string of the molecule is CCCOc1ccc(Cl)cc1NC(=O)CN(C)S(=O)(=O)c1ccc(C)c(C)c1. The highest BCUT2D eigenvalue weighted by molar-refractivity contribution is 7.89. The number of carbonyl (C=O) groups is 1. The molecule has 0 bridgehead atoms. The second kappa shape index (κ2) is 9.41. The highest BCUT2D eigenvalue weighted by Gasteiger charge is 2.23. The predicted molar refractivity (Wildman–Crippen MR) is 112 cm³/mol. The van der Waals surface area contributed by atoms with Crippen LogP contribution in [0, 0.1) is 13.8 Å². The standard InChI is InChI=1S/C20H25ClN2O4S/c1-5-10-27-19-9-7-16(21)12-18(19)22-20(24)13-23(4)28(25,26)17-8-6-14(2)15(3)11-17/h6-9,11-12H,5,10,13H2,1-4H3,(H,22,24). The molecular weight excluding hydrogens is 400 g/mol. The molecule has 0 heterocycles. The molecule has 6 nitrogen and oxygen atoms in total. The first-order valence-electron chi connectivity index (χ1n) is 8.91. The van der Waals surface area contributed by atoms with Crippen LogP contribution in [0.25, 0.3) is 0 Å². The zero-order chi connectivity index (χ0) is 20.9. The first-order chi connectivity index (χ1) is 13.1. The van der Waals surface area contributed by atoms with Crippen LogP contribution in [0.1, 0.15) is 24.5 Å². The van der Waals surface area contributed by atoms with Crippen LogP contribution in [0.5, 0.6) is 5.75 Å². The summed E-state index contributed by atoms with van der Waals surface area (Å²) in [5, 5.41) is 3.12. The largest absolute Gasteiger partial charge is 0.491 e.